The van der Waals surface area contributed by atoms with Crippen molar-refractivity contribution in [2.75, 3.05) is 17.2 Å². The minimum Gasteiger partial charge on any atom is -0.370 e. The molecule has 0 aliphatic heterocycles. The summed E-state index contributed by atoms with van der Waals surface area (Å²) >= 11 is 5.76. The lowest BCUT2D eigenvalue weighted by Gasteiger charge is -2.09. The summed E-state index contributed by atoms with van der Waals surface area (Å²) in [4.78, 5) is 8.27. The highest BCUT2D eigenvalue weighted by Gasteiger charge is 2.03. The quantitative estimate of drug-likeness (QED) is 0.662. The summed E-state index contributed by atoms with van der Waals surface area (Å²) < 4.78 is 26.1. The zero-order valence-corrected chi connectivity index (χ0v) is 13.9. The standard InChI is InChI=1S/C18H15ClF2N4/c19-15-9-14(5-6-16(15)21)25-18-10-17(23-11-24-18)22-8-7-12-1-3-13(20)4-2-12/h1-6,9-11H,7-8H2,(H2,22,23,24,25). The molecule has 25 heavy (non-hydrogen) atoms. The molecular weight excluding hydrogens is 346 g/mol. The highest BCUT2D eigenvalue weighted by Crippen LogP contribution is 2.22. The van der Waals surface area contributed by atoms with Crippen LogP contribution in [0.5, 0.6) is 0 Å². The Hall–Kier alpha value is -2.73. The van der Waals surface area contributed by atoms with Crippen molar-refractivity contribution < 1.29 is 8.78 Å². The zero-order valence-electron chi connectivity index (χ0n) is 13.1. The molecule has 2 N–H and O–H groups in total. The van der Waals surface area contributed by atoms with Gasteiger partial charge in [-0.1, -0.05) is 23.7 Å². The number of aromatic nitrogens is 2. The van der Waals surface area contributed by atoms with E-state index in [1.54, 1.807) is 24.3 Å². The van der Waals surface area contributed by atoms with Gasteiger partial charge in [0.05, 0.1) is 5.02 Å². The fourth-order valence-corrected chi connectivity index (χ4v) is 2.41. The minimum absolute atomic E-state index is 0.0386. The van der Waals surface area contributed by atoms with Crippen LogP contribution in [0.4, 0.5) is 26.1 Å². The van der Waals surface area contributed by atoms with Crippen LogP contribution in [0.1, 0.15) is 5.56 Å². The minimum atomic E-state index is -0.474. The van der Waals surface area contributed by atoms with Gasteiger partial charge in [-0.15, -0.1) is 0 Å². The van der Waals surface area contributed by atoms with Crippen molar-refractivity contribution in [3.63, 3.8) is 0 Å². The maximum absolute atomic E-state index is 13.2. The summed E-state index contributed by atoms with van der Waals surface area (Å²) in [5.74, 6) is 0.483. The molecular formula is C18H15ClF2N4. The molecule has 0 bridgehead atoms. The highest BCUT2D eigenvalue weighted by atomic mass is 35.5. The van der Waals surface area contributed by atoms with Crippen molar-refractivity contribution in [2.45, 2.75) is 6.42 Å². The lowest BCUT2D eigenvalue weighted by Crippen LogP contribution is -2.07. The Morgan fingerprint density at radius 3 is 2.44 bits per heavy atom. The molecule has 1 heterocycles. The summed E-state index contributed by atoms with van der Waals surface area (Å²) in [7, 11) is 0. The molecule has 7 heteroatoms. The Labute approximate surface area is 148 Å². The van der Waals surface area contributed by atoms with Gasteiger partial charge in [0.15, 0.2) is 0 Å². The second-order valence-corrected chi connectivity index (χ2v) is 5.75. The number of halogens is 3. The summed E-state index contributed by atoms with van der Waals surface area (Å²) in [6.07, 6.45) is 2.16. The van der Waals surface area contributed by atoms with Crippen LogP contribution in [-0.4, -0.2) is 16.5 Å². The maximum atomic E-state index is 13.2. The summed E-state index contributed by atoms with van der Waals surface area (Å²) in [6.45, 7) is 0.643. The van der Waals surface area contributed by atoms with Crippen molar-refractivity contribution in [3.05, 3.63) is 77.1 Å². The van der Waals surface area contributed by atoms with Crippen LogP contribution in [0.15, 0.2) is 54.9 Å². The molecule has 0 amide bonds. The third-order valence-electron chi connectivity index (χ3n) is 3.49. The van der Waals surface area contributed by atoms with Crippen LogP contribution < -0.4 is 10.6 Å². The first-order valence-electron chi connectivity index (χ1n) is 7.62. The van der Waals surface area contributed by atoms with Crippen LogP contribution in [-0.2, 0) is 6.42 Å². The third-order valence-corrected chi connectivity index (χ3v) is 3.78. The van der Waals surface area contributed by atoms with E-state index in [1.165, 1.54) is 30.6 Å². The van der Waals surface area contributed by atoms with E-state index in [2.05, 4.69) is 20.6 Å². The number of benzene rings is 2. The Morgan fingerprint density at radius 1 is 0.920 bits per heavy atom. The Kier molecular flexibility index (Phi) is 5.40. The SMILES string of the molecule is Fc1ccc(CCNc2cc(Nc3ccc(F)c(Cl)c3)ncn2)cc1. The Morgan fingerprint density at radius 2 is 1.68 bits per heavy atom. The summed E-state index contributed by atoms with van der Waals surface area (Å²) in [5, 5.41) is 6.26. The van der Waals surface area contributed by atoms with E-state index >= 15 is 0 Å². The van der Waals surface area contributed by atoms with Crippen LogP contribution in [0.3, 0.4) is 0 Å². The van der Waals surface area contributed by atoms with Crippen LogP contribution in [0, 0.1) is 11.6 Å². The van der Waals surface area contributed by atoms with Crippen LogP contribution >= 0.6 is 11.6 Å². The van der Waals surface area contributed by atoms with Crippen molar-refractivity contribution in [3.8, 4) is 0 Å². The van der Waals surface area contributed by atoms with Gasteiger partial charge in [0.1, 0.15) is 29.6 Å². The van der Waals surface area contributed by atoms with Gasteiger partial charge >= 0.3 is 0 Å². The van der Waals surface area contributed by atoms with Crippen molar-refractivity contribution in [2.24, 2.45) is 0 Å². The fourth-order valence-electron chi connectivity index (χ4n) is 2.23. The van der Waals surface area contributed by atoms with Gasteiger partial charge in [-0.05, 0) is 42.3 Å². The maximum Gasteiger partial charge on any atom is 0.141 e. The molecule has 0 spiro atoms. The van der Waals surface area contributed by atoms with Gasteiger partial charge in [-0.3, -0.25) is 0 Å². The number of hydrogen-bond donors (Lipinski definition) is 2. The van der Waals surface area contributed by atoms with E-state index in [4.69, 9.17) is 11.6 Å². The molecule has 128 valence electrons. The van der Waals surface area contributed by atoms with Crippen LogP contribution in [0.25, 0.3) is 0 Å². The van der Waals surface area contributed by atoms with E-state index < -0.39 is 5.82 Å². The second-order valence-electron chi connectivity index (χ2n) is 5.35. The summed E-state index contributed by atoms with van der Waals surface area (Å²) in [5.41, 5.74) is 1.66. The molecule has 0 unspecified atom stereocenters. The predicted molar refractivity (Wildman–Crippen MR) is 95.3 cm³/mol. The smallest absolute Gasteiger partial charge is 0.141 e. The van der Waals surface area contributed by atoms with E-state index in [0.717, 1.165) is 12.0 Å². The molecule has 4 nitrogen and oxygen atoms in total. The Balaban J connectivity index is 1.59. The van der Waals surface area contributed by atoms with Gasteiger partial charge in [-0.25, -0.2) is 18.7 Å². The molecule has 0 saturated heterocycles. The molecule has 3 aromatic rings. The molecule has 0 atom stereocenters. The Bertz CT molecular complexity index is 856. The van der Waals surface area contributed by atoms with Crippen molar-refractivity contribution >= 4 is 28.9 Å². The first-order valence-corrected chi connectivity index (χ1v) is 8.00. The van der Waals surface area contributed by atoms with Gasteiger partial charge in [0.25, 0.3) is 0 Å². The van der Waals surface area contributed by atoms with Crippen LogP contribution in [0.2, 0.25) is 5.02 Å². The van der Waals surface area contributed by atoms with Gasteiger partial charge < -0.3 is 10.6 Å². The van der Waals surface area contributed by atoms with E-state index in [9.17, 15) is 8.78 Å². The number of nitrogens with one attached hydrogen (secondary N) is 2. The highest BCUT2D eigenvalue weighted by molar-refractivity contribution is 6.31. The number of hydrogen-bond acceptors (Lipinski definition) is 4. The molecule has 0 aliphatic carbocycles. The molecule has 0 aliphatic rings. The molecule has 3 rings (SSSR count). The van der Waals surface area contributed by atoms with Crippen molar-refractivity contribution in [1.29, 1.82) is 0 Å². The predicted octanol–water partition coefficient (Wildman–Crippen LogP) is 4.81. The average Bonchev–Trinajstić information content (AvgIpc) is 2.60. The van der Waals surface area contributed by atoms with Crippen molar-refractivity contribution in [1.82, 2.24) is 9.97 Å². The second kappa shape index (κ2) is 7.90. The largest absolute Gasteiger partial charge is 0.370 e. The molecule has 0 fully saturated rings. The lowest BCUT2D eigenvalue weighted by molar-refractivity contribution is 0.627. The fraction of sp³-hybridized carbons (Fsp3) is 0.111. The number of nitrogens with zero attached hydrogens (tertiary/aromatic N) is 2. The van der Waals surface area contributed by atoms with Gasteiger partial charge in [-0.2, -0.15) is 0 Å². The van der Waals surface area contributed by atoms with Gasteiger partial charge in [0, 0.05) is 18.3 Å². The van der Waals surface area contributed by atoms with E-state index in [-0.39, 0.29) is 10.8 Å². The zero-order chi connectivity index (χ0) is 17.6. The van der Waals surface area contributed by atoms with E-state index in [0.29, 0.717) is 23.9 Å². The number of rotatable bonds is 6. The summed E-state index contributed by atoms with van der Waals surface area (Å²) in [6, 6.07) is 12.5. The molecule has 1 aromatic heterocycles. The molecule has 0 saturated carbocycles. The molecule has 2 aromatic carbocycles. The average molecular weight is 361 g/mol. The molecule has 0 radical (unpaired) electrons. The topological polar surface area (TPSA) is 49.8 Å². The first kappa shape index (κ1) is 17.1. The monoisotopic (exact) mass is 360 g/mol. The van der Waals surface area contributed by atoms with Gasteiger partial charge in [0.2, 0.25) is 0 Å². The normalized spacial score (nSPS) is 10.5. The lowest BCUT2D eigenvalue weighted by atomic mass is 10.1. The first-order chi connectivity index (χ1) is 12.1. The third kappa shape index (κ3) is 4.87. The van der Waals surface area contributed by atoms with E-state index in [1.807, 2.05) is 0 Å². The number of anilines is 3.